The first-order valence-corrected chi connectivity index (χ1v) is 8.73. The standard InChI is InChI=1S/C21H24F2N2O2/c1-5-25(4)13-24-18-11-14(2)17(10-15(18)3)19(26)12-16-8-6-7-9-20(16)27-21(22)23/h6-11,13,21H,5,12H2,1-4H3. The number of hydrogen-bond donors (Lipinski definition) is 0. The van der Waals surface area contributed by atoms with E-state index >= 15 is 0 Å². The molecule has 4 nitrogen and oxygen atoms in total. The summed E-state index contributed by atoms with van der Waals surface area (Å²) < 4.78 is 29.6. The lowest BCUT2D eigenvalue weighted by atomic mass is 9.96. The van der Waals surface area contributed by atoms with Crippen LogP contribution >= 0.6 is 0 Å². The zero-order chi connectivity index (χ0) is 20.0. The van der Waals surface area contributed by atoms with Gasteiger partial charge in [-0.1, -0.05) is 18.2 Å². The van der Waals surface area contributed by atoms with Crippen LogP contribution in [0.4, 0.5) is 14.5 Å². The Balaban J connectivity index is 2.25. The second kappa shape index (κ2) is 9.26. The molecule has 6 heteroatoms. The number of carbonyl (C=O) groups is 1. The number of aliphatic imine (C=N–C) groups is 1. The van der Waals surface area contributed by atoms with Gasteiger partial charge in [0, 0.05) is 31.1 Å². The van der Waals surface area contributed by atoms with Gasteiger partial charge >= 0.3 is 6.61 Å². The van der Waals surface area contributed by atoms with Gasteiger partial charge in [0.05, 0.1) is 12.0 Å². The van der Waals surface area contributed by atoms with Gasteiger partial charge in [-0.15, -0.1) is 0 Å². The molecule has 0 amide bonds. The molecule has 27 heavy (non-hydrogen) atoms. The molecule has 0 fully saturated rings. The highest BCUT2D eigenvalue weighted by Crippen LogP contribution is 2.26. The Morgan fingerprint density at radius 1 is 1.22 bits per heavy atom. The number of halogens is 2. The van der Waals surface area contributed by atoms with Crippen molar-refractivity contribution in [2.75, 3.05) is 13.6 Å². The molecule has 2 aromatic rings. The summed E-state index contributed by atoms with van der Waals surface area (Å²) in [5.74, 6) is -0.124. The minimum Gasteiger partial charge on any atom is -0.435 e. The van der Waals surface area contributed by atoms with Crippen LogP contribution in [0.2, 0.25) is 0 Å². The summed E-state index contributed by atoms with van der Waals surface area (Å²) in [5.41, 5.74) is 3.46. The first-order chi connectivity index (χ1) is 12.8. The lowest BCUT2D eigenvalue weighted by Crippen LogP contribution is -2.14. The quantitative estimate of drug-likeness (QED) is 0.373. The molecular weight excluding hydrogens is 350 g/mol. The second-order valence-corrected chi connectivity index (χ2v) is 6.36. The summed E-state index contributed by atoms with van der Waals surface area (Å²) in [6, 6.07) is 10.0. The number of ketones is 1. The predicted octanol–water partition coefficient (Wildman–Crippen LogP) is 4.94. The Labute approximate surface area is 158 Å². The number of rotatable bonds is 8. The number of aryl methyl sites for hydroxylation is 2. The summed E-state index contributed by atoms with van der Waals surface area (Å²) in [7, 11) is 1.93. The Morgan fingerprint density at radius 3 is 2.59 bits per heavy atom. The van der Waals surface area contributed by atoms with Gasteiger partial charge in [-0.3, -0.25) is 4.79 Å². The predicted molar refractivity (Wildman–Crippen MR) is 103 cm³/mol. The van der Waals surface area contributed by atoms with Gasteiger partial charge in [0.1, 0.15) is 5.75 Å². The van der Waals surface area contributed by atoms with Crippen molar-refractivity contribution in [3.8, 4) is 5.75 Å². The van der Waals surface area contributed by atoms with E-state index in [-0.39, 0.29) is 18.0 Å². The van der Waals surface area contributed by atoms with Crippen LogP contribution in [0.3, 0.4) is 0 Å². The minimum atomic E-state index is -2.93. The highest BCUT2D eigenvalue weighted by atomic mass is 19.3. The van der Waals surface area contributed by atoms with Crippen molar-refractivity contribution in [2.24, 2.45) is 4.99 Å². The van der Waals surface area contributed by atoms with Crippen LogP contribution in [0, 0.1) is 13.8 Å². The van der Waals surface area contributed by atoms with Gasteiger partial charge in [0.2, 0.25) is 0 Å². The van der Waals surface area contributed by atoms with Gasteiger partial charge < -0.3 is 9.64 Å². The fourth-order valence-corrected chi connectivity index (χ4v) is 2.61. The lowest BCUT2D eigenvalue weighted by Gasteiger charge is -2.13. The van der Waals surface area contributed by atoms with Crippen LogP contribution in [0.25, 0.3) is 0 Å². The molecule has 2 aromatic carbocycles. The summed E-state index contributed by atoms with van der Waals surface area (Å²) in [4.78, 5) is 19.2. The van der Waals surface area contributed by atoms with Crippen LogP contribution < -0.4 is 4.74 Å². The maximum Gasteiger partial charge on any atom is 0.387 e. The first-order valence-electron chi connectivity index (χ1n) is 8.73. The molecule has 0 atom stereocenters. The third kappa shape index (κ3) is 5.61. The van der Waals surface area contributed by atoms with Crippen molar-refractivity contribution < 1.29 is 18.3 Å². The van der Waals surface area contributed by atoms with E-state index in [2.05, 4.69) is 9.73 Å². The third-order valence-electron chi connectivity index (χ3n) is 4.28. The van der Waals surface area contributed by atoms with E-state index in [4.69, 9.17) is 0 Å². The average molecular weight is 374 g/mol. The van der Waals surface area contributed by atoms with Crippen LogP contribution in [0.15, 0.2) is 41.4 Å². The zero-order valence-corrected chi connectivity index (χ0v) is 16.0. The molecule has 0 bridgehead atoms. The molecule has 0 aliphatic rings. The Hall–Kier alpha value is -2.76. The molecule has 0 heterocycles. The van der Waals surface area contributed by atoms with Crippen molar-refractivity contribution in [3.05, 3.63) is 58.7 Å². The van der Waals surface area contributed by atoms with Gasteiger partial charge in [0.15, 0.2) is 5.78 Å². The summed E-state index contributed by atoms with van der Waals surface area (Å²) in [6.07, 6.45) is 1.74. The number of para-hydroxylation sites is 1. The fraction of sp³-hybridized carbons (Fsp3) is 0.333. The smallest absolute Gasteiger partial charge is 0.387 e. The Kier molecular flexibility index (Phi) is 7.05. The van der Waals surface area contributed by atoms with E-state index in [9.17, 15) is 13.6 Å². The first kappa shape index (κ1) is 20.6. The van der Waals surface area contributed by atoms with Gasteiger partial charge in [-0.05, 0) is 50.1 Å². The van der Waals surface area contributed by atoms with E-state index in [0.717, 1.165) is 23.4 Å². The molecule has 0 saturated heterocycles. The van der Waals surface area contributed by atoms with Crippen LogP contribution in [-0.4, -0.2) is 37.2 Å². The van der Waals surface area contributed by atoms with Crippen molar-refractivity contribution in [3.63, 3.8) is 0 Å². The van der Waals surface area contributed by atoms with Crippen molar-refractivity contribution >= 4 is 17.8 Å². The van der Waals surface area contributed by atoms with Crippen molar-refractivity contribution in [2.45, 2.75) is 33.8 Å². The highest BCUT2D eigenvalue weighted by Gasteiger charge is 2.16. The summed E-state index contributed by atoms with van der Waals surface area (Å²) in [6.45, 7) is 3.68. The fourth-order valence-electron chi connectivity index (χ4n) is 2.61. The Morgan fingerprint density at radius 2 is 1.93 bits per heavy atom. The molecule has 144 valence electrons. The van der Waals surface area contributed by atoms with E-state index in [0.29, 0.717) is 11.1 Å². The van der Waals surface area contributed by atoms with Crippen molar-refractivity contribution in [1.29, 1.82) is 0 Å². The summed E-state index contributed by atoms with van der Waals surface area (Å²) in [5, 5.41) is 0. The van der Waals surface area contributed by atoms with Gasteiger partial charge in [-0.25, -0.2) is 4.99 Å². The number of hydrogen-bond acceptors (Lipinski definition) is 3. The average Bonchev–Trinajstić information content (AvgIpc) is 2.62. The second-order valence-electron chi connectivity index (χ2n) is 6.36. The van der Waals surface area contributed by atoms with Crippen LogP contribution in [0.1, 0.15) is 34.0 Å². The van der Waals surface area contributed by atoms with Gasteiger partial charge in [0.25, 0.3) is 0 Å². The number of alkyl halides is 2. The minimum absolute atomic E-state index is 0.00956. The van der Waals surface area contributed by atoms with Crippen LogP contribution in [0.5, 0.6) is 5.75 Å². The van der Waals surface area contributed by atoms with E-state index in [1.807, 2.05) is 38.8 Å². The van der Waals surface area contributed by atoms with E-state index in [1.165, 1.54) is 6.07 Å². The molecular formula is C21H24F2N2O2. The molecule has 0 spiro atoms. The molecule has 2 rings (SSSR count). The van der Waals surface area contributed by atoms with Crippen molar-refractivity contribution in [1.82, 2.24) is 4.90 Å². The molecule has 0 radical (unpaired) electrons. The number of nitrogens with zero attached hydrogens (tertiary/aromatic N) is 2. The Bertz CT molecular complexity index is 835. The maximum absolute atomic E-state index is 12.8. The largest absolute Gasteiger partial charge is 0.435 e. The maximum atomic E-state index is 12.8. The lowest BCUT2D eigenvalue weighted by molar-refractivity contribution is -0.0504. The van der Waals surface area contributed by atoms with Crippen LogP contribution in [-0.2, 0) is 6.42 Å². The topological polar surface area (TPSA) is 41.9 Å². The molecule has 0 N–H and O–H groups in total. The normalized spacial score (nSPS) is 11.2. The number of benzene rings is 2. The van der Waals surface area contributed by atoms with E-state index in [1.54, 1.807) is 30.6 Å². The molecule has 0 saturated carbocycles. The summed E-state index contributed by atoms with van der Waals surface area (Å²) >= 11 is 0. The SMILES string of the molecule is CCN(C)C=Nc1cc(C)c(C(=O)Cc2ccccc2OC(F)F)cc1C. The molecule has 0 aliphatic carbocycles. The number of carbonyl (C=O) groups excluding carboxylic acids is 1. The zero-order valence-electron chi connectivity index (χ0n) is 16.0. The number of Topliss-reactive ketones (excluding diaryl/α,β-unsaturated/α-hetero) is 1. The monoisotopic (exact) mass is 374 g/mol. The third-order valence-corrected chi connectivity index (χ3v) is 4.28. The molecule has 0 unspecified atom stereocenters. The molecule has 0 aliphatic heterocycles. The van der Waals surface area contributed by atoms with Gasteiger partial charge in [-0.2, -0.15) is 8.78 Å². The molecule has 0 aromatic heterocycles. The van der Waals surface area contributed by atoms with E-state index < -0.39 is 6.61 Å². The highest BCUT2D eigenvalue weighted by molar-refractivity contribution is 5.99. The number of ether oxygens (including phenoxy) is 1.